The van der Waals surface area contributed by atoms with Crippen molar-refractivity contribution >= 4 is 17.4 Å². The van der Waals surface area contributed by atoms with Crippen molar-refractivity contribution in [3.8, 4) is 0 Å². The van der Waals surface area contributed by atoms with Crippen LogP contribution in [0.4, 0.5) is 4.79 Å². The molecule has 2 heterocycles. The van der Waals surface area contributed by atoms with Gasteiger partial charge in [-0.15, -0.1) is 11.3 Å². The molecule has 2 aromatic rings. The zero-order valence-electron chi connectivity index (χ0n) is 11.8. The lowest BCUT2D eigenvalue weighted by Crippen LogP contribution is -2.38. The summed E-state index contributed by atoms with van der Waals surface area (Å²) < 4.78 is 5.05. The fraction of sp³-hybridized carbons (Fsp3) is 0.429. The number of hydrogen-bond donors (Lipinski definition) is 3. The summed E-state index contributed by atoms with van der Waals surface area (Å²) in [5.41, 5.74) is 1.03. The van der Waals surface area contributed by atoms with Gasteiger partial charge in [0.25, 0.3) is 0 Å². The average molecular weight is 309 g/mol. The summed E-state index contributed by atoms with van der Waals surface area (Å²) in [5, 5.41) is 18.2. The molecule has 7 heteroatoms. The molecular formula is C14H19N3O3S. The number of amides is 2. The van der Waals surface area contributed by atoms with Gasteiger partial charge >= 0.3 is 6.03 Å². The fourth-order valence-corrected chi connectivity index (χ4v) is 2.61. The molecule has 0 saturated heterocycles. The van der Waals surface area contributed by atoms with E-state index in [0.29, 0.717) is 12.3 Å². The van der Waals surface area contributed by atoms with Crippen molar-refractivity contribution in [2.45, 2.75) is 25.9 Å². The summed E-state index contributed by atoms with van der Waals surface area (Å²) in [4.78, 5) is 15.9. The highest BCUT2D eigenvalue weighted by Crippen LogP contribution is 2.11. The van der Waals surface area contributed by atoms with Gasteiger partial charge in [0.15, 0.2) is 0 Å². The zero-order chi connectivity index (χ0) is 15.1. The largest absolute Gasteiger partial charge is 0.467 e. The molecule has 1 atom stereocenters. The highest BCUT2D eigenvalue weighted by molar-refractivity contribution is 7.09. The third-order valence-corrected chi connectivity index (χ3v) is 3.87. The Kier molecular flexibility index (Phi) is 5.77. The van der Waals surface area contributed by atoms with E-state index in [-0.39, 0.29) is 12.6 Å². The standard InChI is InChI=1S/C14H19N3O3S/c1-10-9-21-13(17-10)5-2-6-15-14(19)16-8-11(18)12-4-3-7-20-12/h3-4,7,9,11,18H,2,5-6,8H2,1H3,(H2,15,16,19). The smallest absolute Gasteiger partial charge is 0.314 e. The Morgan fingerprint density at radius 3 is 3.05 bits per heavy atom. The minimum absolute atomic E-state index is 0.116. The van der Waals surface area contributed by atoms with Crippen LogP contribution in [0.3, 0.4) is 0 Å². The van der Waals surface area contributed by atoms with Crippen LogP contribution >= 0.6 is 11.3 Å². The van der Waals surface area contributed by atoms with Crippen LogP contribution in [0.25, 0.3) is 0 Å². The third-order valence-electron chi connectivity index (χ3n) is 2.85. The molecule has 2 rings (SSSR count). The summed E-state index contributed by atoms with van der Waals surface area (Å²) in [7, 11) is 0. The lowest BCUT2D eigenvalue weighted by atomic mass is 10.3. The number of rotatable bonds is 7. The van der Waals surface area contributed by atoms with Crippen molar-refractivity contribution in [2.24, 2.45) is 0 Å². The molecule has 0 aliphatic rings. The van der Waals surface area contributed by atoms with E-state index in [1.165, 1.54) is 6.26 Å². The molecule has 3 N–H and O–H groups in total. The number of carbonyl (C=O) groups is 1. The Morgan fingerprint density at radius 2 is 2.38 bits per heavy atom. The average Bonchev–Trinajstić information content (AvgIpc) is 3.12. The number of carbonyl (C=O) groups excluding carboxylic acids is 1. The fourth-order valence-electron chi connectivity index (χ4n) is 1.79. The minimum atomic E-state index is -0.830. The SMILES string of the molecule is Cc1csc(CCCNC(=O)NCC(O)c2ccco2)n1. The van der Waals surface area contributed by atoms with Gasteiger partial charge in [-0.2, -0.15) is 0 Å². The number of hydrogen-bond acceptors (Lipinski definition) is 5. The number of aromatic nitrogens is 1. The Balaban J connectivity index is 1.57. The van der Waals surface area contributed by atoms with Crippen LogP contribution in [-0.4, -0.2) is 29.2 Å². The van der Waals surface area contributed by atoms with E-state index in [0.717, 1.165) is 23.5 Å². The molecule has 21 heavy (non-hydrogen) atoms. The molecule has 114 valence electrons. The second-order valence-electron chi connectivity index (χ2n) is 4.65. The number of urea groups is 1. The summed E-state index contributed by atoms with van der Waals surface area (Å²) in [6, 6.07) is 3.06. The Labute approximate surface area is 127 Å². The monoisotopic (exact) mass is 309 g/mol. The number of nitrogens with zero attached hydrogens (tertiary/aromatic N) is 1. The van der Waals surface area contributed by atoms with E-state index >= 15 is 0 Å². The normalized spacial score (nSPS) is 12.1. The Bertz CT molecular complexity index is 554. The maximum Gasteiger partial charge on any atom is 0.314 e. The van der Waals surface area contributed by atoms with E-state index in [1.807, 2.05) is 12.3 Å². The maximum atomic E-state index is 11.6. The topological polar surface area (TPSA) is 87.4 Å². The highest BCUT2D eigenvalue weighted by atomic mass is 32.1. The predicted molar refractivity (Wildman–Crippen MR) is 80.2 cm³/mol. The molecule has 0 aromatic carbocycles. The van der Waals surface area contributed by atoms with Crippen LogP contribution in [-0.2, 0) is 6.42 Å². The molecule has 0 bridgehead atoms. The third kappa shape index (κ3) is 5.20. The summed E-state index contributed by atoms with van der Waals surface area (Å²) in [5.74, 6) is 0.439. The number of furan rings is 1. The molecule has 0 aliphatic heterocycles. The van der Waals surface area contributed by atoms with Crippen LogP contribution in [0.1, 0.15) is 29.0 Å². The van der Waals surface area contributed by atoms with Gasteiger partial charge in [-0.05, 0) is 25.5 Å². The van der Waals surface area contributed by atoms with Gasteiger partial charge < -0.3 is 20.2 Å². The number of nitrogens with one attached hydrogen (secondary N) is 2. The van der Waals surface area contributed by atoms with E-state index < -0.39 is 6.10 Å². The molecule has 1 unspecified atom stereocenters. The molecule has 2 amide bonds. The molecule has 0 radical (unpaired) electrons. The number of aryl methyl sites for hydroxylation is 2. The van der Waals surface area contributed by atoms with E-state index in [4.69, 9.17) is 4.42 Å². The van der Waals surface area contributed by atoms with Crippen molar-refractivity contribution in [1.29, 1.82) is 0 Å². The molecule has 6 nitrogen and oxygen atoms in total. The van der Waals surface area contributed by atoms with Crippen molar-refractivity contribution < 1.29 is 14.3 Å². The van der Waals surface area contributed by atoms with Crippen LogP contribution < -0.4 is 10.6 Å². The number of thiazole rings is 1. The van der Waals surface area contributed by atoms with Gasteiger partial charge in [-0.1, -0.05) is 0 Å². The Morgan fingerprint density at radius 1 is 1.52 bits per heavy atom. The van der Waals surface area contributed by atoms with Crippen molar-refractivity contribution in [2.75, 3.05) is 13.1 Å². The highest BCUT2D eigenvalue weighted by Gasteiger charge is 2.11. The van der Waals surface area contributed by atoms with Crippen molar-refractivity contribution in [3.63, 3.8) is 0 Å². The number of aliphatic hydroxyl groups excluding tert-OH is 1. The van der Waals surface area contributed by atoms with Crippen LogP contribution in [0, 0.1) is 6.92 Å². The maximum absolute atomic E-state index is 11.6. The van der Waals surface area contributed by atoms with Crippen molar-refractivity contribution in [3.05, 3.63) is 40.2 Å². The predicted octanol–water partition coefficient (Wildman–Crippen LogP) is 2.01. The first-order chi connectivity index (χ1) is 10.1. The van der Waals surface area contributed by atoms with Gasteiger partial charge in [0.1, 0.15) is 11.9 Å². The summed E-state index contributed by atoms with van der Waals surface area (Å²) in [6.07, 6.45) is 2.34. The summed E-state index contributed by atoms with van der Waals surface area (Å²) >= 11 is 1.64. The minimum Gasteiger partial charge on any atom is -0.467 e. The first-order valence-corrected chi connectivity index (χ1v) is 7.67. The van der Waals surface area contributed by atoms with Crippen LogP contribution in [0.5, 0.6) is 0 Å². The zero-order valence-corrected chi connectivity index (χ0v) is 12.7. The number of aliphatic hydroxyl groups is 1. The van der Waals surface area contributed by atoms with Crippen LogP contribution in [0.2, 0.25) is 0 Å². The van der Waals surface area contributed by atoms with Gasteiger partial charge in [-0.3, -0.25) is 0 Å². The summed E-state index contributed by atoms with van der Waals surface area (Å²) in [6.45, 7) is 2.66. The van der Waals surface area contributed by atoms with Gasteiger partial charge in [0.05, 0.1) is 17.8 Å². The molecule has 0 spiro atoms. The molecule has 0 aliphatic carbocycles. The molecule has 2 aromatic heterocycles. The van der Waals surface area contributed by atoms with Crippen LogP contribution in [0.15, 0.2) is 28.2 Å². The van der Waals surface area contributed by atoms with E-state index in [1.54, 1.807) is 23.5 Å². The lowest BCUT2D eigenvalue weighted by Gasteiger charge is -2.10. The Hall–Kier alpha value is -1.86. The lowest BCUT2D eigenvalue weighted by molar-refractivity contribution is 0.148. The molecule has 0 saturated carbocycles. The van der Waals surface area contributed by atoms with Gasteiger partial charge in [0.2, 0.25) is 0 Å². The molecule has 0 fully saturated rings. The quantitative estimate of drug-likeness (QED) is 0.683. The first-order valence-electron chi connectivity index (χ1n) is 6.79. The second-order valence-corrected chi connectivity index (χ2v) is 5.60. The van der Waals surface area contributed by atoms with E-state index in [2.05, 4.69) is 15.6 Å². The van der Waals surface area contributed by atoms with Gasteiger partial charge in [-0.25, -0.2) is 9.78 Å². The van der Waals surface area contributed by atoms with Gasteiger partial charge in [0, 0.05) is 24.0 Å². The van der Waals surface area contributed by atoms with Crippen molar-refractivity contribution in [1.82, 2.24) is 15.6 Å². The second kappa shape index (κ2) is 7.80. The first kappa shape index (κ1) is 15.5. The molecular weight excluding hydrogens is 290 g/mol. The van der Waals surface area contributed by atoms with E-state index in [9.17, 15) is 9.90 Å².